The normalized spacial score (nSPS) is 10.3. The third-order valence-corrected chi connectivity index (χ3v) is 3.30. The number of carbonyl (C=O) groups is 2. The molecule has 0 aromatic heterocycles. The van der Waals surface area contributed by atoms with Crippen LogP contribution in [0.4, 0.5) is 5.69 Å². The zero-order chi connectivity index (χ0) is 16.4. The number of amides is 2. The second-order valence-corrected chi connectivity index (χ2v) is 5.31. The van der Waals surface area contributed by atoms with Gasteiger partial charge in [0.05, 0.1) is 0 Å². The molecular weight excluding hydrogens is 278 g/mol. The third-order valence-electron chi connectivity index (χ3n) is 3.30. The van der Waals surface area contributed by atoms with E-state index < -0.39 is 0 Å². The molecule has 5 nitrogen and oxygen atoms in total. The van der Waals surface area contributed by atoms with Gasteiger partial charge in [-0.15, -0.1) is 0 Å². The lowest BCUT2D eigenvalue weighted by Crippen LogP contribution is -2.32. The van der Waals surface area contributed by atoms with Crippen LogP contribution in [0.5, 0.6) is 0 Å². The van der Waals surface area contributed by atoms with Crippen molar-refractivity contribution in [3.05, 3.63) is 29.8 Å². The van der Waals surface area contributed by atoms with Gasteiger partial charge in [0.2, 0.25) is 5.91 Å². The summed E-state index contributed by atoms with van der Waals surface area (Å²) in [6.45, 7) is 6.17. The number of benzene rings is 1. The minimum Gasteiger partial charge on any atom is -0.339 e. The Bertz CT molecular complexity index is 465. The summed E-state index contributed by atoms with van der Waals surface area (Å²) < 4.78 is 0. The van der Waals surface area contributed by atoms with Gasteiger partial charge in [0, 0.05) is 30.8 Å². The summed E-state index contributed by atoms with van der Waals surface area (Å²) in [7, 11) is 0. The van der Waals surface area contributed by atoms with Gasteiger partial charge in [0.25, 0.3) is 5.91 Å². The molecule has 0 fully saturated rings. The summed E-state index contributed by atoms with van der Waals surface area (Å²) in [5.41, 5.74) is 6.74. The smallest absolute Gasteiger partial charge is 0.253 e. The maximum atomic E-state index is 12.4. The van der Waals surface area contributed by atoms with Crippen molar-refractivity contribution in [1.82, 2.24) is 4.90 Å². The Hall–Kier alpha value is -1.88. The zero-order valence-corrected chi connectivity index (χ0v) is 13.6. The fraction of sp³-hybridized carbons (Fsp3) is 0.529. The predicted molar refractivity (Wildman–Crippen MR) is 89.8 cm³/mol. The van der Waals surface area contributed by atoms with Crippen molar-refractivity contribution in [3.63, 3.8) is 0 Å². The highest BCUT2D eigenvalue weighted by molar-refractivity contribution is 5.95. The second kappa shape index (κ2) is 9.95. The number of hydrogen-bond donors (Lipinski definition) is 2. The molecule has 0 aliphatic rings. The average Bonchev–Trinajstić information content (AvgIpc) is 2.53. The zero-order valence-electron chi connectivity index (χ0n) is 13.6. The minimum absolute atomic E-state index is 0.0460. The van der Waals surface area contributed by atoms with Gasteiger partial charge in [-0.25, -0.2) is 0 Å². The quantitative estimate of drug-likeness (QED) is 0.736. The van der Waals surface area contributed by atoms with Crippen molar-refractivity contribution in [2.45, 2.75) is 39.5 Å². The van der Waals surface area contributed by atoms with Gasteiger partial charge in [0.1, 0.15) is 0 Å². The van der Waals surface area contributed by atoms with E-state index in [4.69, 9.17) is 5.73 Å². The molecule has 1 aromatic rings. The lowest BCUT2D eigenvalue weighted by atomic mass is 10.1. The molecule has 0 saturated carbocycles. The van der Waals surface area contributed by atoms with E-state index in [1.165, 1.54) is 0 Å². The van der Waals surface area contributed by atoms with Crippen LogP contribution in [0.25, 0.3) is 0 Å². The molecule has 1 aromatic carbocycles. The van der Waals surface area contributed by atoms with Crippen LogP contribution in [0.15, 0.2) is 24.3 Å². The Morgan fingerprint density at radius 3 is 2.18 bits per heavy atom. The number of nitrogens with one attached hydrogen (secondary N) is 1. The van der Waals surface area contributed by atoms with E-state index >= 15 is 0 Å². The molecule has 0 unspecified atom stereocenters. The monoisotopic (exact) mass is 305 g/mol. The van der Waals surface area contributed by atoms with Crippen molar-refractivity contribution in [2.24, 2.45) is 5.73 Å². The van der Waals surface area contributed by atoms with Crippen LogP contribution >= 0.6 is 0 Å². The van der Waals surface area contributed by atoms with Gasteiger partial charge in [0.15, 0.2) is 0 Å². The second-order valence-electron chi connectivity index (χ2n) is 5.31. The molecule has 0 aliphatic heterocycles. The molecule has 0 atom stereocenters. The van der Waals surface area contributed by atoms with Gasteiger partial charge < -0.3 is 16.0 Å². The van der Waals surface area contributed by atoms with Crippen molar-refractivity contribution < 1.29 is 9.59 Å². The molecular formula is C17H27N3O2. The van der Waals surface area contributed by atoms with Crippen LogP contribution in [-0.4, -0.2) is 36.3 Å². The minimum atomic E-state index is -0.0527. The molecule has 5 heteroatoms. The van der Waals surface area contributed by atoms with Crippen molar-refractivity contribution in [3.8, 4) is 0 Å². The van der Waals surface area contributed by atoms with Crippen LogP contribution in [0, 0.1) is 0 Å². The molecule has 0 heterocycles. The number of carbonyl (C=O) groups excluding carboxylic acids is 2. The van der Waals surface area contributed by atoms with Gasteiger partial charge in [-0.05, 0) is 50.1 Å². The summed E-state index contributed by atoms with van der Waals surface area (Å²) in [6, 6.07) is 7.06. The summed E-state index contributed by atoms with van der Waals surface area (Å²) in [5, 5.41) is 2.80. The maximum Gasteiger partial charge on any atom is 0.253 e. The first-order valence-electron chi connectivity index (χ1n) is 8.01. The molecule has 3 N–H and O–H groups in total. The lowest BCUT2D eigenvalue weighted by molar-refractivity contribution is -0.116. The first-order valence-corrected chi connectivity index (χ1v) is 8.01. The lowest BCUT2D eigenvalue weighted by Gasteiger charge is -2.21. The van der Waals surface area contributed by atoms with E-state index in [-0.39, 0.29) is 11.8 Å². The number of anilines is 1. The highest BCUT2D eigenvalue weighted by Crippen LogP contribution is 2.13. The Morgan fingerprint density at radius 2 is 1.68 bits per heavy atom. The molecule has 1 rings (SSSR count). The molecule has 22 heavy (non-hydrogen) atoms. The van der Waals surface area contributed by atoms with E-state index in [9.17, 15) is 9.59 Å². The SMILES string of the molecule is CCCN(CCC)C(=O)c1ccc(NC(=O)CCCN)cc1. The highest BCUT2D eigenvalue weighted by Gasteiger charge is 2.14. The average molecular weight is 305 g/mol. The van der Waals surface area contributed by atoms with E-state index in [2.05, 4.69) is 19.2 Å². The molecule has 0 radical (unpaired) electrons. The molecule has 0 saturated heterocycles. The Balaban J connectivity index is 2.66. The largest absolute Gasteiger partial charge is 0.339 e. The van der Waals surface area contributed by atoms with Crippen molar-refractivity contribution in [2.75, 3.05) is 25.0 Å². The van der Waals surface area contributed by atoms with Crippen LogP contribution in [0.3, 0.4) is 0 Å². The van der Waals surface area contributed by atoms with E-state index in [0.29, 0.717) is 30.6 Å². The molecule has 0 spiro atoms. The molecule has 0 aliphatic carbocycles. The summed E-state index contributed by atoms with van der Waals surface area (Å²) in [5.74, 6) is -0.00664. The number of rotatable bonds is 9. The standard InChI is InChI=1S/C17H27N3O2/c1-3-12-20(13-4-2)17(22)14-7-9-15(10-8-14)19-16(21)6-5-11-18/h7-10H,3-6,11-13,18H2,1-2H3,(H,19,21). The number of nitrogens with two attached hydrogens (primary N) is 1. The first kappa shape index (κ1) is 18.2. The van der Waals surface area contributed by atoms with E-state index in [1.807, 2.05) is 4.90 Å². The highest BCUT2D eigenvalue weighted by atomic mass is 16.2. The van der Waals surface area contributed by atoms with E-state index in [1.54, 1.807) is 24.3 Å². The maximum absolute atomic E-state index is 12.4. The molecule has 122 valence electrons. The van der Waals surface area contributed by atoms with Crippen molar-refractivity contribution in [1.29, 1.82) is 0 Å². The summed E-state index contributed by atoms with van der Waals surface area (Å²) >= 11 is 0. The van der Waals surface area contributed by atoms with Gasteiger partial charge >= 0.3 is 0 Å². The van der Waals surface area contributed by atoms with Crippen LogP contribution in [0.1, 0.15) is 49.9 Å². The fourth-order valence-electron chi connectivity index (χ4n) is 2.22. The predicted octanol–water partition coefficient (Wildman–Crippen LogP) is 2.63. The number of hydrogen-bond acceptors (Lipinski definition) is 3. The van der Waals surface area contributed by atoms with Crippen LogP contribution in [-0.2, 0) is 4.79 Å². The summed E-state index contributed by atoms with van der Waals surface area (Å²) in [6.07, 6.45) is 2.98. The Labute approximate surface area is 132 Å². The molecule has 2 amide bonds. The summed E-state index contributed by atoms with van der Waals surface area (Å²) in [4.78, 5) is 25.9. The van der Waals surface area contributed by atoms with Crippen LogP contribution in [0.2, 0.25) is 0 Å². The molecule has 0 bridgehead atoms. The number of nitrogens with zero attached hydrogens (tertiary/aromatic N) is 1. The topological polar surface area (TPSA) is 75.4 Å². The third kappa shape index (κ3) is 5.85. The van der Waals surface area contributed by atoms with Gasteiger partial charge in [-0.2, -0.15) is 0 Å². The fourth-order valence-corrected chi connectivity index (χ4v) is 2.22. The van der Waals surface area contributed by atoms with E-state index in [0.717, 1.165) is 25.9 Å². The Kier molecular flexibility index (Phi) is 8.22. The first-order chi connectivity index (χ1) is 10.6. The van der Waals surface area contributed by atoms with Crippen molar-refractivity contribution >= 4 is 17.5 Å². The van der Waals surface area contributed by atoms with Crippen LogP contribution < -0.4 is 11.1 Å². The van der Waals surface area contributed by atoms with Gasteiger partial charge in [-0.1, -0.05) is 13.8 Å². The van der Waals surface area contributed by atoms with Gasteiger partial charge in [-0.3, -0.25) is 9.59 Å². The Morgan fingerprint density at radius 1 is 1.09 bits per heavy atom.